The first-order valence-electron chi connectivity index (χ1n) is 10.8. The average Bonchev–Trinajstić information content (AvgIpc) is 2.75. The number of nitrogens with one attached hydrogen (secondary N) is 1. The van der Waals surface area contributed by atoms with Crippen molar-refractivity contribution in [2.45, 2.75) is 46.2 Å². The normalized spacial score (nSPS) is 12.3. The van der Waals surface area contributed by atoms with Gasteiger partial charge in [0.2, 0.25) is 21.8 Å². The summed E-state index contributed by atoms with van der Waals surface area (Å²) in [5.74, 6) is -0.689. The van der Waals surface area contributed by atoms with Gasteiger partial charge in [0.25, 0.3) is 0 Å². The standard InChI is InChI=1S/C24H32BrN3O4S/c1-6-26-24(30)18(4)27(15-19-11-13-20(25)14-12-19)23(29)16-28(33(5,31)32)22-10-8-7-9-21(22)17(2)3/h7-14,17-18H,6,15-16H2,1-5H3,(H,26,30)/t18-/m0/s1. The summed E-state index contributed by atoms with van der Waals surface area (Å²) in [6, 6.07) is 13.8. The van der Waals surface area contributed by atoms with E-state index in [1.54, 1.807) is 26.0 Å². The summed E-state index contributed by atoms with van der Waals surface area (Å²) in [4.78, 5) is 27.5. The second-order valence-electron chi connectivity index (χ2n) is 8.20. The van der Waals surface area contributed by atoms with Crippen LogP contribution in [0.25, 0.3) is 0 Å². The number of anilines is 1. The largest absolute Gasteiger partial charge is 0.355 e. The Morgan fingerprint density at radius 1 is 1.03 bits per heavy atom. The molecule has 0 spiro atoms. The monoisotopic (exact) mass is 537 g/mol. The summed E-state index contributed by atoms with van der Waals surface area (Å²) < 4.78 is 27.5. The molecule has 0 fully saturated rings. The molecule has 2 aromatic carbocycles. The molecule has 2 aromatic rings. The average molecular weight is 539 g/mol. The van der Waals surface area contributed by atoms with Crippen LogP contribution in [0.2, 0.25) is 0 Å². The molecule has 180 valence electrons. The number of para-hydroxylation sites is 1. The zero-order valence-electron chi connectivity index (χ0n) is 19.7. The highest BCUT2D eigenvalue weighted by atomic mass is 79.9. The van der Waals surface area contributed by atoms with E-state index in [-0.39, 0.29) is 18.4 Å². The van der Waals surface area contributed by atoms with E-state index >= 15 is 0 Å². The van der Waals surface area contributed by atoms with Crippen LogP contribution in [0.1, 0.15) is 44.7 Å². The van der Waals surface area contributed by atoms with E-state index < -0.39 is 28.5 Å². The summed E-state index contributed by atoms with van der Waals surface area (Å²) in [5.41, 5.74) is 2.13. The molecule has 0 aromatic heterocycles. The van der Waals surface area contributed by atoms with Gasteiger partial charge in [-0.1, -0.05) is 60.1 Å². The number of nitrogens with zero attached hydrogens (tertiary/aromatic N) is 2. The molecule has 0 saturated carbocycles. The SMILES string of the molecule is CCNC(=O)[C@H](C)N(Cc1ccc(Br)cc1)C(=O)CN(c1ccccc1C(C)C)S(C)(=O)=O. The second-order valence-corrected chi connectivity index (χ2v) is 11.0. The van der Waals surface area contributed by atoms with Crippen molar-refractivity contribution in [1.29, 1.82) is 0 Å². The van der Waals surface area contributed by atoms with Gasteiger partial charge in [0.1, 0.15) is 12.6 Å². The van der Waals surface area contributed by atoms with Crippen molar-refractivity contribution in [2.24, 2.45) is 0 Å². The zero-order chi connectivity index (χ0) is 24.8. The Kier molecular flexibility index (Phi) is 9.48. The molecular weight excluding hydrogens is 506 g/mol. The van der Waals surface area contributed by atoms with Crippen molar-refractivity contribution in [3.8, 4) is 0 Å². The summed E-state index contributed by atoms with van der Waals surface area (Å²) in [5, 5.41) is 2.74. The molecule has 1 atom stereocenters. The summed E-state index contributed by atoms with van der Waals surface area (Å²) in [6.07, 6.45) is 1.09. The maximum atomic E-state index is 13.5. The molecule has 0 heterocycles. The van der Waals surface area contributed by atoms with Crippen molar-refractivity contribution in [1.82, 2.24) is 10.2 Å². The molecule has 0 unspecified atom stereocenters. The summed E-state index contributed by atoms with van der Waals surface area (Å²) >= 11 is 3.39. The Labute approximate surface area is 205 Å². The summed E-state index contributed by atoms with van der Waals surface area (Å²) in [7, 11) is -3.76. The smallest absolute Gasteiger partial charge is 0.244 e. The summed E-state index contributed by atoms with van der Waals surface area (Å²) in [6.45, 7) is 7.60. The number of halogens is 1. The van der Waals surface area contributed by atoms with Crippen LogP contribution in [0.3, 0.4) is 0 Å². The van der Waals surface area contributed by atoms with Gasteiger partial charge in [-0.3, -0.25) is 13.9 Å². The van der Waals surface area contributed by atoms with E-state index in [4.69, 9.17) is 0 Å². The number of carbonyl (C=O) groups is 2. The molecule has 2 rings (SSSR count). The van der Waals surface area contributed by atoms with Crippen LogP contribution in [-0.4, -0.2) is 50.5 Å². The minimum absolute atomic E-state index is 0.0636. The third-order valence-electron chi connectivity index (χ3n) is 5.29. The predicted octanol–water partition coefficient (Wildman–Crippen LogP) is 3.89. The molecule has 0 saturated heterocycles. The lowest BCUT2D eigenvalue weighted by Gasteiger charge is -2.32. The van der Waals surface area contributed by atoms with Crippen molar-refractivity contribution in [3.05, 3.63) is 64.1 Å². The molecule has 0 aliphatic heterocycles. The highest BCUT2D eigenvalue weighted by Gasteiger charge is 2.30. The van der Waals surface area contributed by atoms with Gasteiger partial charge in [0.05, 0.1) is 11.9 Å². The van der Waals surface area contributed by atoms with Gasteiger partial charge in [-0.15, -0.1) is 0 Å². The first-order chi connectivity index (χ1) is 15.5. The van der Waals surface area contributed by atoms with Gasteiger partial charge in [-0.25, -0.2) is 8.42 Å². The molecular formula is C24H32BrN3O4S. The maximum absolute atomic E-state index is 13.5. The van der Waals surface area contributed by atoms with Crippen LogP contribution in [0.5, 0.6) is 0 Å². The Morgan fingerprint density at radius 3 is 2.18 bits per heavy atom. The minimum atomic E-state index is -3.76. The van der Waals surface area contributed by atoms with Gasteiger partial charge in [-0.2, -0.15) is 0 Å². The quantitative estimate of drug-likeness (QED) is 0.498. The highest BCUT2D eigenvalue weighted by molar-refractivity contribution is 9.10. The van der Waals surface area contributed by atoms with E-state index in [1.807, 2.05) is 50.2 Å². The molecule has 33 heavy (non-hydrogen) atoms. The van der Waals surface area contributed by atoms with Crippen LogP contribution in [0.4, 0.5) is 5.69 Å². The second kappa shape index (κ2) is 11.7. The maximum Gasteiger partial charge on any atom is 0.244 e. The third-order valence-corrected chi connectivity index (χ3v) is 6.95. The van der Waals surface area contributed by atoms with Crippen molar-refractivity contribution in [3.63, 3.8) is 0 Å². The molecule has 0 aliphatic carbocycles. The van der Waals surface area contributed by atoms with Gasteiger partial charge in [-0.05, 0) is 49.1 Å². The molecule has 1 N–H and O–H groups in total. The van der Waals surface area contributed by atoms with E-state index in [0.717, 1.165) is 26.2 Å². The van der Waals surface area contributed by atoms with Crippen molar-refractivity contribution < 1.29 is 18.0 Å². The van der Waals surface area contributed by atoms with E-state index in [1.165, 1.54) is 4.90 Å². The van der Waals surface area contributed by atoms with Crippen LogP contribution in [0.15, 0.2) is 53.0 Å². The number of amides is 2. The Bertz CT molecular complexity index is 1070. The Morgan fingerprint density at radius 2 is 1.64 bits per heavy atom. The Balaban J connectivity index is 2.44. The van der Waals surface area contributed by atoms with E-state index in [2.05, 4.69) is 21.2 Å². The topological polar surface area (TPSA) is 86.8 Å². The van der Waals surface area contributed by atoms with Crippen LogP contribution in [0, 0.1) is 0 Å². The predicted molar refractivity (Wildman–Crippen MR) is 136 cm³/mol. The van der Waals surface area contributed by atoms with Gasteiger partial charge >= 0.3 is 0 Å². The van der Waals surface area contributed by atoms with Crippen LogP contribution in [-0.2, 0) is 26.2 Å². The number of benzene rings is 2. The molecule has 7 nitrogen and oxygen atoms in total. The molecule has 0 aliphatic rings. The van der Waals surface area contributed by atoms with Crippen molar-refractivity contribution >= 4 is 43.5 Å². The lowest BCUT2D eigenvalue weighted by atomic mass is 10.0. The van der Waals surface area contributed by atoms with Crippen LogP contribution >= 0.6 is 15.9 Å². The highest BCUT2D eigenvalue weighted by Crippen LogP contribution is 2.29. The zero-order valence-corrected chi connectivity index (χ0v) is 22.1. The first kappa shape index (κ1) is 26.9. The van der Waals surface area contributed by atoms with Gasteiger partial charge < -0.3 is 10.2 Å². The number of likely N-dealkylation sites (N-methyl/N-ethyl adjacent to an activating group) is 1. The lowest BCUT2D eigenvalue weighted by Crippen LogP contribution is -2.51. The van der Waals surface area contributed by atoms with Crippen molar-refractivity contribution in [2.75, 3.05) is 23.7 Å². The van der Waals surface area contributed by atoms with E-state index in [9.17, 15) is 18.0 Å². The number of sulfonamides is 1. The fourth-order valence-corrected chi connectivity index (χ4v) is 4.62. The first-order valence-corrected chi connectivity index (χ1v) is 13.5. The van der Waals surface area contributed by atoms with Gasteiger partial charge in [0.15, 0.2) is 0 Å². The van der Waals surface area contributed by atoms with Gasteiger partial charge in [0, 0.05) is 17.6 Å². The minimum Gasteiger partial charge on any atom is -0.355 e. The molecule has 0 radical (unpaired) electrons. The number of hydrogen-bond acceptors (Lipinski definition) is 4. The number of rotatable bonds is 10. The fraction of sp³-hybridized carbons (Fsp3) is 0.417. The van der Waals surface area contributed by atoms with Crippen LogP contribution < -0.4 is 9.62 Å². The van der Waals surface area contributed by atoms with E-state index in [0.29, 0.717) is 12.2 Å². The molecule has 2 amide bonds. The number of carbonyl (C=O) groups excluding carboxylic acids is 2. The number of hydrogen-bond donors (Lipinski definition) is 1. The lowest BCUT2D eigenvalue weighted by molar-refractivity contribution is -0.139. The third kappa shape index (κ3) is 7.30. The molecule has 9 heteroatoms. The fourth-order valence-electron chi connectivity index (χ4n) is 3.49. The Hall–Kier alpha value is -2.39. The molecule has 0 bridgehead atoms.